The van der Waals surface area contributed by atoms with Crippen LogP contribution in [0.3, 0.4) is 0 Å². The molecule has 0 spiro atoms. The molecule has 15 heteroatoms. The highest BCUT2D eigenvalue weighted by Gasteiger charge is 2.53. The van der Waals surface area contributed by atoms with Crippen molar-refractivity contribution in [2.45, 2.75) is 51.5 Å². The summed E-state index contributed by atoms with van der Waals surface area (Å²) in [5.41, 5.74) is 0. The van der Waals surface area contributed by atoms with Crippen LogP contribution in [0.25, 0.3) is 0 Å². The largest absolute Gasteiger partial charge is 0.457 e. The van der Waals surface area contributed by atoms with Gasteiger partial charge in [-0.25, -0.2) is 0 Å². The van der Waals surface area contributed by atoms with Gasteiger partial charge in [0.25, 0.3) is 20.2 Å². The lowest BCUT2D eigenvalue weighted by molar-refractivity contribution is -0.292. The molecule has 1 saturated heterocycles. The Hall–Kier alpha value is -1.81. The highest BCUT2D eigenvalue weighted by atomic mass is 32.2. The van der Waals surface area contributed by atoms with Crippen LogP contribution in [0.4, 0.5) is 0 Å². The first-order chi connectivity index (χ1) is 13.1. The van der Waals surface area contributed by atoms with E-state index in [0.29, 0.717) is 6.26 Å². The molecule has 0 aromatic heterocycles. The molecule has 5 atom stereocenters. The molecular weight excluding hydrogens is 440 g/mol. The molecule has 1 aliphatic rings. The molecule has 29 heavy (non-hydrogen) atoms. The lowest BCUT2D eigenvalue weighted by Crippen LogP contribution is -2.63. The number of carbonyl (C=O) groups is 3. The molecule has 1 aliphatic heterocycles. The van der Waals surface area contributed by atoms with E-state index in [-0.39, 0.29) is 0 Å². The van der Waals surface area contributed by atoms with Crippen molar-refractivity contribution in [2.75, 3.05) is 19.1 Å². The molecule has 0 aromatic carbocycles. The maximum atomic E-state index is 11.7. The summed E-state index contributed by atoms with van der Waals surface area (Å²) >= 11 is 0. The van der Waals surface area contributed by atoms with Crippen LogP contribution in [0.15, 0.2) is 0 Å². The second kappa shape index (κ2) is 9.80. The van der Waals surface area contributed by atoms with E-state index in [4.69, 9.17) is 23.1 Å². The molecule has 0 amide bonds. The van der Waals surface area contributed by atoms with Gasteiger partial charge < -0.3 is 18.9 Å². The van der Waals surface area contributed by atoms with Crippen molar-refractivity contribution in [1.82, 2.24) is 0 Å². The smallest absolute Gasteiger partial charge is 0.305 e. The Labute approximate surface area is 167 Å². The van der Waals surface area contributed by atoms with Gasteiger partial charge in [0.05, 0.1) is 19.1 Å². The first-order valence-electron chi connectivity index (χ1n) is 7.99. The second-order valence-corrected chi connectivity index (χ2v) is 9.30. The van der Waals surface area contributed by atoms with Gasteiger partial charge in [0.15, 0.2) is 18.3 Å². The minimum atomic E-state index is -4.22. The number of carbonyl (C=O) groups excluding carboxylic acids is 3. The summed E-state index contributed by atoms with van der Waals surface area (Å²) in [6, 6.07) is 0. The molecule has 13 nitrogen and oxygen atoms in total. The highest BCUT2D eigenvalue weighted by Crippen LogP contribution is 2.30. The Morgan fingerprint density at radius 3 is 1.66 bits per heavy atom. The third-order valence-corrected chi connectivity index (χ3v) is 4.35. The summed E-state index contributed by atoms with van der Waals surface area (Å²) in [7, 11) is -8.19. The fourth-order valence-corrected chi connectivity index (χ4v) is 3.43. The van der Waals surface area contributed by atoms with Crippen molar-refractivity contribution in [2.24, 2.45) is 0 Å². The fraction of sp³-hybridized carbons (Fsp3) is 0.786. The van der Waals surface area contributed by atoms with Crippen LogP contribution < -0.4 is 0 Å². The Morgan fingerprint density at radius 2 is 1.24 bits per heavy atom. The predicted octanol–water partition coefficient (Wildman–Crippen LogP) is -1.54. The van der Waals surface area contributed by atoms with Gasteiger partial charge in [-0.2, -0.15) is 16.8 Å². The zero-order valence-corrected chi connectivity index (χ0v) is 17.9. The van der Waals surface area contributed by atoms with E-state index < -0.39 is 75.5 Å². The van der Waals surface area contributed by atoms with Gasteiger partial charge in [0.1, 0.15) is 6.10 Å². The zero-order chi connectivity index (χ0) is 22.6. The van der Waals surface area contributed by atoms with Gasteiger partial charge in [-0.3, -0.25) is 22.7 Å². The molecule has 0 bridgehead atoms. The van der Waals surface area contributed by atoms with Gasteiger partial charge >= 0.3 is 17.9 Å². The van der Waals surface area contributed by atoms with Gasteiger partial charge in [-0.1, -0.05) is 0 Å². The van der Waals surface area contributed by atoms with E-state index in [1.807, 2.05) is 0 Å². The molecule has 0 radical (unpaired) electrons. The number of rotatable bonds is 8. The lowest BCUT2D eigenvalue weighted by atomic mass is 9.98. The molecule has 0 saturated carbocycles. The molecule has 1 heterocycles. The second-order valence-electron chi connectivity index (χ2n) is 6.05. The summed E-state index contributed by atoms with van der Waals surface area (Å²) in [4.78, 5) is 34.4. The van der Waals surface area contributed by atoms with Gasteiger partial charge in [0.2, 0.25) is 6.29 Å². The normalized spacial score (nSPS) is 27.7. The Bertz CT molecular complexity index is 832. The maximum absolute atomic E-state index is 11.7. The molecule has 0 N–H and O–H groups in total. The van der Waals surface area contributed by atoms with Crippen molar-refractivity contribution in [3.63, 3.8) is 0 Å². The fourth-order valence-electron chi connectivity index (χ4n) is 2.42. The molecular formula is C14H22O13S2. The molecule has 0 unspecified atom stereocenters. The summed E-state index contributed by atoms with van der Waals surface area (Å²) in [5, 5.41) is 0. The first kappa shape index (κ1) is 25.2. The van der Waals surface area contributed by atoms with E-state index >= 15 is 0 Å². The summed E-state index contributed by atoms with van der Waals surface area (Å²) in [6.07, 6.45) is -6.73. The zero-order valence-electron chi connectivity index (χ0n) is 16.2. The number of hydrogen-bond donors (Lipinski definition) is 0. The van der Waals surface area contributed by atoms with Crippen LogP contribution in [0.1, 0.15) is 20.8 Å². The van der Waals surface area contributed by atoms with Gasteiger partial charge in [-0.05, 0) is 0 Å². The van der Waals surface area contributed by atoms with E-state index in [2.05, 4.69) is 4.18 Å². The minimum Gasteiger partial charge on any atom is -0.457 e. The van der Waals surface area contributed by atoms with Crippen LogP contribution in [0.2, 0.25) is 0 Å². The van der Waals surface area contributed by atoms with Crippen LogP contribution in [0.5, 0.6) is 0 Å². The predicted molar refractivity (Wildman–Crippen MR) is 92.0 cm³/mol. The molecule has 1 fully saturated rings. The average Bonchev–Trinajstić information content (AvgIpc) is 2.48. The monoisotopic (exact) mass is 462 g/mol. The molecule has 0 aromatic rings. The lowest BCUT2D eigenvalue weighted by Gasteiger charge is -2.43. The van der Waals surface area contributed by atoms with Crippen LogP contribution in [0, 0.1) is 0 Å². The molecule has 168 valence electrons. The van der Waals surface area contributed by atoms with Crippen molar-refractivity contribution in [3.05, 3.63) is 0 Å². The maximum Gasteiger partial charge on any atom is 0.305 e. The Kier molecular flexibility index (Phi) is 8.52. The standard InChI is InChI=1S/C14H22O13S2/c1-7(15)23-11-10(6-22-28(4,18)19)26-14(25-9(3)17)13(24-8(2)16)12(11)27-29(5,20)21/h10-14H,6H2,1-5H3/t10-,11+,12-,13-,14+/m1/s1. The molecule has 1 rings (SSSR count). The van der Waals surface area contributed by atoms with Crippen LogP contribution >= 0.6 is 0 Å². The Morgan fingerprint density at radius 1 is 0.759 bits per heavy atom. The average molecular weight is 462 g/mol. The highest BCUT2D eigenvalue weighted by molar-refractivity contribution is 7.86. The van der Waals surface area contributed by atoms with Gasteiger partial charge in [-0.15, -0.1) is 0 Å². The number of hydrogen-bond acceptors (Lipinski definition) is 13. The summed E-state index contributed by atoms with van der Waals surface area (Å²) in [6.45, 7) is 2.23. The van der Waals surface area contributed by atoms with Crippen molar-refractivity contribution >= 4 is 38.1 Å². The van der Waals surface area contributed by atoms with E-state index in [1.54, 1.807) is 0 Å². The number of ether oxygens (including phenoxy) is 4. The Balaban J connectivity index is 3.42. The number of esters is 3. The van der Waals surface area contributed by atoms with Gasteiger partial charge in [0, 0.05) is 20.8 Å². The SMILES string of the molecule is CC(=O)O[C@H]1O[C@H](COS(C)(=O)=O)[C@H](OC(C)=O)[C@@H](OS(C)(=O)=O)[C@H]1OC(C)=O. The minimum absolute atomic E-state index is 0.682. The van der Waals surface area contributed by atoms with Crippen molar-refractivity contribution < 1.29 is 58.5 Å². The van der Waals surface area contributed by atoms with E-state index in [9.17, 15) is 31.2 Å². The van der Waals surface area contributed by atoms with Crippen LogP contribution in [-0.4, -0.2) is 84.6 Å². The summed E-state index contributed by atoms with van der Waals surface area (Å²) in [5.74, 6) is -2.71. The first-order valence-corrected chi connectivity index (χ1v) is 11.6. The van der Waals surface area contributed by atoms with Crippen LogP contribution in [-0.2, 0) is 61.9 Å². The van der Waals surface area contributed by atoms with E-state index in [1.165, 1.54) is 0 Å². The third-order valence-electron chi connectivity index (χ3n) is 3.21. The van der Waals surface area contributed by atoms with E-state index in [0.717, 1.165) is 27.0 Å². The topological polar surface area (TPSA) is 175 Å². The third kappa shape index (κ3) is 9.03. The quantitative estimate of drug-likeness (QED) is 0.231. The van der Waals surface area contributed by atoms with Crippen molar-refractivity contribution in [3.8, 4) is 0 Å². The summed E-state index contributed by atoms with van der Waals surface area (Å²) < 4.78 is 76.0. The molecule has 0 aliphatic carbocycles. The van der Waals surface area contributed by atoms with Crippen molar-refractivity contribution in [1.29, 1.82) is 0 Å².